The molecular weight excluding hydrogens is 348 g/mol. The molecule has 0 aliphatic heterocycles. The molecule has 2 aromatic heterocycles. The maximum absolute atomic E-state index is 11.8. The van der Waals surface area contributed by atoms with E-state index in [0.717, 1.165) is 29.4 Å². The van der Waals surface area contributed by atoms with Gasteiger partial charge in [0, 0.05) is 34.4 Å². The van der Waals surface area contributed by atoms with Gasteiger partial charge in [-0.2, -0.15) is 5.26 Å². The lowest BCUT2D eigenvalue weighted by Gasteiger charge is -2.14. The first-order valence-electron chi connectivity index (χ1n) is 8.54. The van der Waals surface area contributed by atoms with Crippen LogP contribution >= 0.6 is 11.3 Å². The van der Waals surface area contributed by atoms with Crippen LogP contribution in [0.1, 0.15) is 29.4 Å². The van der Waals surface area contributed by atoms with Crippen LogP contribution in [0.3, 0.4) is 0 Å². The lowest BCUT2D eigenvalue weighted by molar-refractivity contribution is 0.148. The molecule has 1 aliphatic rings. The Bertz CT molecular complexity index is 1000. The van der Waals surface area contributed by atoms with Gasteiger partial charge in [0.2, 0.25) is 0 Å². The number of carbonyl (C=O) groups excluding carboxylic acids is 1. The second-order valence-corrected chi connectivity index (χ2v) is 7.02. The summed E-state index contributed by atoms with van der Waals surface area (Å²) in [4.78, 5) is 16.2. The average molecular weight is 366 g/mol. The summed E-state index contributed by atoms with van der Waals surface area (Å²) in [7, 11) is 0. The normalized spacial score (nSPS) is 15.6. The summed E-state index contributed by atoms with van der Waals surface area (Å²) in [5.74, 6) is 0. The van der Waals surface area contributed by atoms with Gasteiger partial charge in [0.1, 0.15) is 0 Å². The monoisotopic (exact) mass is 366 g/mol. The van der Waals surface area contributed by atoms with Gasteiger partial charge in [-0.05, 0) is 37.1 Å². The van der Waals surface area contributed by atoms with Crippen LogP contribution in [0.5, 0.6) is 0 Å². The Hall–Kier alpha value is -2.85. The van der Waals surface area contributed by atoms with E-state index in [2.05, 4.69) is 20.9 Å². The molecule has 0 saturated carbocycles. The van der Waals surface area contributed by atoms with Gasteiger partial charge in [-0.25, -0.2) is 9.78 Å². The Morgan fingerprint density at radius 3 is 3.12 bits per heavy atom. The summed E-state index contributed by atoms with van der Waals surface area (Å²) in [5, 5.41) is 15.3. The van der Waals surface area contributed by atoms with Crippen LogP contribution in [0, 0.1) is 11.3 Å². The summed E-state index contributed by atoms with van der Waals surface area (Å²) >= 11 is 1.58. The van der Waals surface area contributed by atoms with Gasteiger partial charge >= 0.3 is 6.09 Å². The Balaban J connectivity index is 1.72. The minimum Gasteiger partial charge on any atom is -0.450 e. The molecule has 0 bridgehead atoms. The minimum atomic E-state index is -0.379. The lowest BCUT2D eigenvalue weighted by Crippen LogP contribution is -2.36. The van der Waals surface area contributed by atoms with Crippen LogP contribution < -0.4 is 5.32 Å². The highest BCUT2D eigenvalue weighted by atomic mass is 32.1. The summed E-state index contributed by atoms with van der Waals surface area (Å²) in [5.41, 5.74) is 7.00. The third kappa shape index (κ3) is 2.93. The molecule has 1 N–H and O–H groups in total. The van der Waals surface area contributed by atoms with Crippen LogP contribution in [0.4, 0.5) is 4.79 Å². The van der Waals surface area contributed by atoms with E-state index in [1.807, 2.05) is 29.1 Å². The van der Waals surface area contributed by atoms with Crippen molar-refractivity contribution in [1.82, 2.24) is 14.9 Å². The minimum absolute atomic E-state index is 0.0101. The predicted molar refractivity (Wildman–Crippen MR) is 99.2 cm³/mol. The number of hydrogen-bond donors (Lipinski definition) is 1. The molecule has 0 spiro atoms. The van der Waals surface area contributed by atoms with Crippen LogP contribution in [-0.4, -0.2) is 28.3 Å². The number of fused-ring (bicyclic) bond motifs is 3. The molecule has 1 unspecified atom stereocenters. The van der Waals surface area contributed by atoms with Gasteiger partial charge in [-0.1, -0.05) is 0 Å². The third-order valence-corrected chi connectivity index (χ3v) is 5.34. The highest BCUT2D eigenvalue weighted by Gasteiger charge is 2.30. The molecule has 6 nitrogen and oxygen atoms in total. The van der Waals surface area contributed by atoms with Gasteiger partial charge in [0.15, 0.2) is 0 Å². The molecule has 4 rings (SSSR count). The number of carbonyl (C=O) groups is 1. The highest BCUT2D eigenvalue weighted by Crippen LogP contribution is 2.34. The Morgan fingerprint density at radius 2 is 2.38 bits per heavy atom. The Morgan fingerprint density at radius 1 is 1.50 bits per heavy atom. The number of nitrogens with one attached hydrogen (secondary N) is 1. The van der Waals surface area contributed by atoms with Gasteiger partial charge < -0.3 is 14.6 Å². The fraction of sp³-hybridized carbons (Fsp3) is 0.316. The van der Waals surface area contributed by atoms with Gasteiger partial charge in [0.25, 0.3) is 0 Å². The van der Waals surface area contributed by atoms with Crippen LogP contribution in [-0.2, 0) is 24.1 Å². The third-order valence-electron chi connectivity index (χ3n) is 4.71. The molecule has 0 saturated heterocycles. The fourth-order valence-electron chi connectivity index (χ4n) is 3.66. The number of nitriles is 1. The molecule has 0 fully saturated rings. The van der Waals surface area contributed by atoms with Crippen LogP contribution in [0.2, 0.25) is 0 Å². The number of amides is 1. The van der Waals surface area contributed by atoms with Crippen molar-refractivity contribution < 1.29 is 9.53 Å². The summed E-state index contributed by atoms with van der Waals surface area (Å²) in [6.45, 7) is 2.84. The molecule has 1 aromatic carbocycles. The first-order chi connectivity index (χ1) is 12.7. The summed E-state index contributed by atoms with van der Waals surface area (Å²) in [6, 6.07) is 8.03. The molecule has 0 radical (unpaired) electrons. The number of nitrogens with zero attached hydrogens (tertiary/aromatic N) is 3. The topological polar surface area (TPSA) is 79.9 Å². The number of thiazole rings is 1. The van der Waals surface area contributed by atoms with E-state index in [1.54, 1.807) is 18.3 Å². The zero-order valence-electron chi connectivity index (χ0n) is 14.4. The quantitative estimate of drug-likeness (QED) is 0.769. The smallest absolute Gasteiger partial charge is 0.407 e. The fourth-order valence-corrected chi connectivity index (χ4v) is 4.21. The Labute approximate surface area is 155 Å². The molecule has 1 atom stereocenters. The van der Waals surface area contributed by atoms with Crippen molar-refractivity contribution >= 4 is 28.3 Å². The van der Waals surface area contributed by atoms with E-state index in [0.29, 0.717) is 18.7 Å². The SMILES string of the molecule is CCOC(=O)NC1Cc2c(n(Cc3cscn3)c3ccc(C#N)cc23)C1. The molecule has 2 heterocycles. The predicted octanol–water partition coefficient (Wildman–Crippen LogP) is 3.23. The van der Waals surface area contributed by atoms with Crippen molar-refractivity contribution in [3.05, 3.63) is 51.6 Å². The largest absolute Gasteiger partial charge is 0.450 e. The van der Waals surface area contributed by atoms with E-state index in [9.17, 15) is 10.1 Å². The molecule has 3 aromatic rings. The van der Waals surface area contributed by atoms with Crippen molar-refractivity contribution in [3.63, 3.8) is 0 Å². The van der Waals surface area contributed by atoms with E-state index in [-0.39, 0.29) is 12.1 Å². The Kier molecular flexibility index (Phi) is 4.35. The average Bonchev–Trinajstić information content (AvgIpc) is 3.33. The van der Waals surface area contributed by atoms with Crippen molar-refractivity contribution in [3.8, 4) is 6.07 Å². The molecule has 1 amide bonds. The van der Waals surface area contributed by atoms with Crippen molar-refractivity contribution in [1.29, 1.82) is 5.26 Å². The number of aromatic nitrogens is 2. The van der Waals surface area contributed by atoms with Gasteiger partial charge in [-0.3, -0.25) is 0 Å². The van der Waals surface area contributed by atoms with Crippen molar-refractivity contribution in [2.75, 3.05) is 6.61 Å². The second-order valence-electron chi connectivity index (χ2n) is 6.30. The van der Waals surface area contributed by atoms with Crippen molar-refractivity contribution in [2.45, 2.75) is 32.4 Å². The zero-order valence-corrected chi connectivity index (χ0v) is 15.2. The van der Waals surface area contributed by atoms with E-state index in [1.165, 1.54) is 11.3 Å². The standard InChI is InChI=1S/C19H18N4O2S/c1-2-25-19(24)22-13-6-16-15-5-12(8-20)3-4-17(15)23(18(16)7-13)9-14-10-26-11-21-14/h3-5,10-11,13H,2,6-7,9H2,1H3,(H,22,24). The first-order valence-corrected chi connectivity index (χ1v) is 9.48. The van der Waals surface area contributed by atoms with Crippen LogP contribution in [0.15, 0.2) is 29.1 Å². The number of benzene rings is 1. The number of alkyl carbamates (subject to hydrolysis) is 1. The van der Waals surface area contributed by atoms with E-state index in [4.69, 9.17) is 4.74 Å². The molecule has 132 valence electrons. The molecular formula is C19H18N4O2S. The molecule has 26 heavy (non-hydrogen) atoms. The maximum Gasteiger partial charge on any atom is 0.407 e. The van der Waals surface area contributed by atoms with Gasteiger partial charge in [0.05, 0.1) is 36.0 Å². The van der Waals surface area contributed by atoms with Gasteiger partial charge in [-0.15, -0.1) is 11.3 Å². The number of hydrogen-bond acceptors (Lipinski definition) is 5. The van der Waals surface area contributed by atoms with Crippen molar-refractivity contribution in [2.24, 2.45) is 0 Å². The highest BCUT2D eigenvalue weighted by molar-refractivity contribution is 7.07. The van der Waals surface area contributed by atoms with Crippen LogP contribution in [0.25, 0.3) is 10.9 Å². The lowest BCUT2D eigenvalue weighted by atomic mass is 10.1. The summed E-state index contributed by atoms with van der Waals surface area (Å²) < 4.78 is 7.27. The zero-order chi connectivity index (χ0) is 18.1. The maximum atomic E-state index is 11.8. The van der Waals surface area contributed by atoms with E-state index >= 15 is 0 Å². The molecule has 1 aliphatic carbocycles. The molecule has 7 heteroatoms. The summed E-state index contributed by atoms with van der Waals surface area (Å²) in [6.07, 6.45) is 1.11. The first kappa shape index (κ1) is 16.6. The number of rotatable bonds is 4. The number of ether oxygens (including phenoxy) is 1. The second kappa shape index (κ2) is 6.81. The van der Waals surface area contributed by atoms with E-state index < -0.39 is 0 Å².